The van der Waals surface area contributed by atoms with E-state index in [0.29, 0.717) is 0 Å². The zero-order valence-corrected chi connectivity index (χ0v) is 11.3. The first-order chi connectivity index (χ1) is 8.61. The van der Waals surface area contributed by atoms with E-state index in [-0.39, 0.29) is 18.1 Å². The molecule has 0 saturated carbocycles. The number of rotatable bonds is 3. The van der Waals surface area contributed by atoms with E-state index in [4.69, 9.17) is 4.52 Å². The number of nitrogens with one attached hydrogen (secondary N) is 1. The maximum Gasteiger partial charge on any atom is 0.318 e. The number of aromatic nitrogens is 1. The molecule has 18 heavy (non-hydrogen) atoms. The highest BCUT2D eigenvalue weighted by Gasteiger charge is 2.32. The van der Waals surface area contributed by atoms with Gasteiger partial charge in [0.2, 0.25) is 0 Å². The Morgan fingerprint density at radius 1 is 1.72 bits per heavy atom. The number of hydrogen-bond acceptors (Lipinski definition) is 3. The van der Waals surface area contributed by atoms with Crippen molar-refractivity contribution in [1.82, 2.24) is 15.4 Å². The molecule has 1 saturated heterocycles. The summed E-state index contributed by atoms with van der Waals surface area (Å²) >= 11 is 0. The molecular formula is C13H21N3O2. The Hall–Kier alpha value is -1.52. The summed E-state index contributed by atoms with van der Waals surface area (Å²) in [6.45, 7) is 6.74. The van der Waals surface area contributed by atoms with Crippen LogP contribution in [0.3, 0.4) is 0 Å². The molecule has 0 unspecified atom stereocenters. The van der Waals surface area contributed by atoms with Gasteiger partial charge in [0.05, 0.1) is 6.04 Å². The van der Waals surface area contributed by atoms with Crippen molar-refractivity contribution in [3.63, 3.8) is 0 Å². The lowest BCUT2D eigenvalue weighted by Gasteiger charge is -2.25. The monoisotopic (exact) mass is 251 g/mol. The molecule has 5 nitrogen and oxygen atoms in total. The largest absolute Gasteiger partial charge is 0.361 e. The minimum Gasteiger partial charge on any atom is -0.361 e. The molecule has 2 rings (SSSR count). The second-order valence-corrected chi connectivity index (χ2v) is 4.97. The molecule has 0 aliphatic carbocycles. The average Bonchev–Trinajstić information content (AvgIpc) is 2.96. The fourth-order valence-electron chi connectivity index (χ4n) is 2.26. The summed E-state index contributed by atoms with van der Waals surface area (Å²) in [7, 11) is 0. The maximum atomic E-state index is 12.2. The smallest absolute Gasteiger partial charge is 0.318 e. The van der Waals surface area contributed by atoms with Crippen molar-refractivity contribution in [2.45, 2.75) is 52.1 Å². The van der Waals surface area contributed by atoms with Gasteiger partial charge in [0, 0.05) is 18.7 Å². The SMILES string of the molecule is CC[C@H](C)NC(=O)N1CCC[C@H]1c1cc(C)on1. The van der Waals surface area contributed by atoms with Gasteiger partial charge in [-0.15, -0.1) is 0 Å². The summed E-state index contributed by atoms with van der Waals surface area (Å²) in [5.41, 5.74) is 0.865. The predicted octanol–water partition coefficient (Wildman–Crippen LogP) is 2.63. The zero-order valence-electron chi connectivity index (χ0n) is 11.3. The molecular weight excluding hydrogens is 230 g/mol. The lowest BCUT2D eigenvalue weighted by molar-refractivity contribution is 0.187. The first kappa shape index (κ1) is 12.9. The molecule has 5 heteroatoms. The summed E-state index contributed by atoms with van der Waals surface area (Å²) in [6.07, 6.45) is 2.91. The van der Waals surface area contributed by atoms with Gasteiger partial charge in [0.25, 0.3) is 0 Å². The second-order valence-electron chi connectivity index (χ2n) is 4.97. The third-order valence-corrected chi connectivity index (χ3v) is 3.48. The van der Waals surface area contributed by atoms with Crippen molar-refractivity contribution in [1.29, 1.82) is 0 Å². The molecule has 1 N–H and O–H groups in total. The van der Waals surface area contributed by atoms with Crippen molar-refractivity contribution >= 4 is 6.03 Å². The molecule has 1 aliphatic heterocycles. The van der Waals surface area contributed by atoms with E-state index in [1.165, 1.54) is 0 Å². The standard InChI is InChI=1S/C13H21N3O2/c1-4-9(2)14-13(17)16-7-5-6-12(16)11-8-10(3)18-15-11/h8-9,12H,4-7H2,1-3H3,(H,14,17)/t9-,12-/m0/s1. The van der Waals surface area contributed by atoms with Gasteiger partial charge in [-0.2, -0.15) is 0 Å². The fraction of sp³-hybridized carbons (Fsp3) is 0.692. The van der Waals surface area contributed by atoms with Gasteiger partial charge in [0.1, 0.15) is 11.5 Å². The number of urea groups is 1. The number of carbonyl (C=O) groups excluding carboxylic acids is 1. The van der Waals surface area contributed by atoms with Crippen LogP contribution in [0.15, 0.2) is 10.6 Å². The molecule has 1 aromatic rings. The van der Waals surface area contributed by atoms with Crippen LogP contribution in [-0.4, -0.2) is 28.7 Å². The number of nitrogens with zero attached hydrogens (tertiary/aromatic N) is 2. The summed E-state index contributed by atoms with van der Waals surface area (Å²) in [5.74, 6) is 0.791. The first-order valence-electron chi connectivity index (χ1n) is 6.62. The molecule has 2 amide bonds. The topological polar surface area (TPSA) is 58.4 Å². The summed E-state index contributed by atoms with van der Waals surface area (Å²) in [4.78, 5) is 14.0. The first-order valence-corrected chi connectivity index (χ1v) is 6.62. The zero-order chi connectivity index (χ0) is 13.1. The minimum atomic E-state index is 0.00695. The van der Waals surface area contributed by atoms with Crippen LogP contribution in [0.1, 0.15) is 50.6 Å². The third kappa shape index (κ3) is 2.66. The van der Waals surface area contributed by atoms with Crippen molar-refractivity contribution in [3.8, 4) is 0 Å². The molecule has 100 valence electrons. The van der Waals surface area contributed by atoms with E-state index < -0.39 is 0 Å². The van der Waals surface area contributed by atoms with E-state index in [9.17, 15) is 4.79 Å². The van der Waals surface area contributed by atoms with E-state index in [1.807, 2.05) is 24.8 Å². The van der Waals surface area contributed by atoms with Gasteiger partial charge < -0.3 is 14.7 Å². The average molecular weight is 251 g/mol. The highest BCUT2D eigenvalue weighted by atomic mass is 16.5. The van der Waals surface area contributed by atoms with Crippen LogP contribution in [0.25, 0.3) is 0 Å². The maximum absolute atomic E-state index is 12.2. The van der Waals surface area contributed by atoms with Crippen molar-refractivity contribution in [2.24, 2.45) is 0 Å². The van der Waals surface area contributed by atoms with E-state index in [0.717, 1.165) is 37.3 Å². The Bertz CT molecular complexity index is 416. The van der Waals surface area contributed by atoms with Crippen molar-refractivity contribution < 1.29 is 9.32 Å². The lowest BCUT2D eigenvalue weighted by atomic mass is 10.1. The van der Waals surface area contributed by atoms with Gasteiger partial charge in [-0.25, -0.2) is 4.79 Å². The van der Waals surface area contributed by atoms with Gasteiger partial charge >= 0.3 is 6.03 Å². The van der Waals surface area contributed by atoms with Crippen molar-refractivity contribution in [2.75, 3.05) is 6.54 Å². The van der Waals surface area contributed by atoms with Gasteiger partial charge in [-0.05, 0) is 33.1 Å². The van der Waals surface area contributed by atoms with Gasteiger partial charge in [0.15, 0.2) is 0 Å². The highest BCUT2D eigenvalue weighted by Crippen LogP contribution is 2.31. The molecule has 1 fully saturated rings. The molecule has 1 aliphatic rings. The predicted molar refractivity (Wildman–Crippen MR) is 68.2 cm³/mol. The molecule has 0 radical (unpaired) electrons. The Morgan fingerprint density at radius 3 is 3.11 bits per heavy atom. The normalized spacial score (nSPS) is 21.1. The molecule has 0 spiro atoms. The number of hydrogen-bond donors (Lipinski definition) is 1. The molecule has 0 bridgehead atoms. The second kappa shape index (κ2) is 5.42. The van der Waals surface area contributed by atoms with Gasteiger partial charge in [-0.1, -0.05) is 12.1 Å². The minimum absolute atomic E-state index is 0.00695. The van der Waals surface area contributed by atoms with Gasteiger partial charge in [-0.3, -0.25) is 0 Å². The summed E-state index contributed by atoms with van der Waals surface area (Å²) in [6, 6.07) is 2.19. The van der Waals surface area contributed by atoms with E-state index >= 15 is 0 Å². The number of amides is 2. The Balaban J connectivity index is 2.05. The van der Waals surface area contributed by atoms with E-state index in [2.05, 4.69) is 17.4 Å². The quantitative estimate of drug-likeness (QED) is 0.898. The van der Waals surface area contributed by atoms with Crippen LogP contribution in [0.2, 0.25) is 0 Å². The lowest BCUT2D eigenvalue weighted by Crippen LogP contribution is -2.43. The van der Waals surface area contributed by atoms with E-state index in [1.54, 1.807) is 0 Å². The molecule has 0 aromatic carbocycles. The molecule has 2 heterocycles. The van der Waals surface area contributed by atoms with Crippen LogP contribution in [-0.2, 0) is 0 Å². The van der Waals surface area contributed by atoms with Crippen molar-refractivity contribution in [3.05, 3.63) is 17.5 Å². The fourth-order valence-corrected chi connectivity index (χ4v) is 2.26. The number of carbonyl (C=O) groups is 1. The summed E-state index contributed by atoms with van der Waals surface area (Å²) in [5, 5.41) is 7.04. The highest BCUT2D eigenvalue weighted by molar-refractivity contribution is 5.75. The van der Waals surface area contributed by atoms with Crippen LogP contribution < -0.4 is 5.32 Å². The molecule has 2 atom stereocenters. The Labute approximate surface area is 108 Å². The third-order valence-electron chi connectivity index (χ3n) is 3.48. The van der Waals surface area contributed by atoms with Crippen LogP contribution in [0.4, 0.5) is 4.79 Å². The van der Waals surface area contributed by atoms with Crippen LogP contribution in [0.5, 0.6) is 0 Å². The molecule has 1 aromatic heterocycles. The summed E-state index contributed by atoms with van der Waals surface area (Å²) < 4.78 is 5.10. The number of aryl methyl sites for hydroxylation is 1. The Kier molecular flexibility index (Phi) is 3.89. The van der Waals surface area contributed by atoms with Crippen LogP contribution >= 0.6 is 0 Å². The van der Waals surface area contributed by atoms with Crippen LogP contribution in [0, 0.1) is 6.92 Å². The Morgan fingerprint density at radius 2 is 2.50 bits per heavy atom. The number of likely N-dealkylation sites (tertiary alicyclic amines) is 1.